The molecule has 0 saturated carbocycles. The second kappa shape index (κ2) is 9.84. The Morgan fingerprint density at radius 3 is 2.39 bits per heavy atom. The van der Waals surface area contributed by atoms with E-state index in [-0.39, 0.29) is 17.6 Å². The smallest absolute Gasteiger partial charge is 0.335 e. The van der Waals surface area contributed by atoms with E-state index in [2.05, 4.69) is 29.4 Å². The summed E-state index contributed by atoms with van der Waals surface area (Å²) in [6, 6.07) is 6.32. The monoisotopic (exact) mass is 321 g/mol. The fraction of sp³-hybridized carbons (Fsp3) is 0.529. The van der Waals surface area contributed by atoms with Gasteiger partial charge < -0.3 is 20.6 Å². The summed E-state index contributed by atoms with van der Waals surface area (Å²) in [5.41, 5.74) is 1.10. The molecule has 1 rings (SSSR count). The van der Waals surface area contributed by atoms with E-state index in [4.69, 9.17) is 5.11 Å². The summed E-state index contributed by atoms with van der Waals surface area (Å²) >= 11 is 0. The van der Waals surface area contributed by atoms with Gasteiger partial charge in [0, 0.05) is 19.1 Å². The van der Waals surface area contributed by atoms with Crippen molar-refractivity contribution in [3.63, 3.8) is 0 Å². The van der Waals surface area contributed by atoms with Gasteiger partial charge in [-0.05, 0) is 44.1 Å². The van der Waals surface area contributed by atoms with Crippen LogP contribution in [0, 0.1) is 0 Å². The van der Waals surface area contributed by atoms with Crippen LogP contribution in [0.4, 0.5) is 4.79 Å². The van der Waals surface area contributed by atoms with Crippen molar-refractivity contribution in [2.75, 3.05) is 19.6 Å². The molecule has 0 bridgehead atoms. The molecule has 23 heavy (non-hydrogen) atoms. The standard InChI is InChI=1S/C17H27N3O3/c1-4-10-20(5-2)12-13(3)19-17(23)18-11-14-6-8-15(9-7-14)16(21)22/h6-9,13H,4-5,10-12H2,1-3H3,(H,21,22)(H2,18,19,23)/t13-/m1/s1. The van der Waals surface area contributed by atoms with Gasteiger partial charge in [0.1, 0.15) is 0 Å². The molecule has 0 aliphatic heterocycles. The summed E-state index contributed by atoms with van der Waals surface area (Å²) in [6.07, 6.45) is 1.10. The Kier molecular flexibility index (Phi) is 8.11. The van der Waals surface area contributed by atoms with Gasteiger partial charge in [-0.15, -0.1) is 0 Å². The van der Waals surface area contributed by atoms with Crippen molar-refractivity contribution in [2.45, 2.75) is 39.8 Å². The molecule has 1 atom stereocenters. The molecule has 0 heterocycles. The number of nitrogens with zero attached hydrogens (tertiary/aromatic N) is 1. The van der Waals surface area contributed by atoms with Crippen LogP contribution >= 0.6 is 0 Å². The highest BCUT2D eigenvalue weighted by Crippen LogP contribution is 2.04. The lowest BCUT2D eigenvalue weighted by Crippen LogP contribution is -2.46. The maximum Gasteiger partial charge on any atom is 0.335 e. The number of carboxylic acid groups (broad SMARTS) is 1. The van der Waals surface area contributed by atoms with Gasteiger partial charge in [0.25, 0.3) is 0 Å². The number of carbonyl (C=O) groups excluding carboxylic acids is 1. The fourth-order valence-corrected chi connectivity index (χ4v) is 2.35. The van der Waals surface area contributed by atoms with Gasteiger partial charge in [-0.3, -0.25) is 0 Å². The van der Waals surface area contributed by atoms with Crippen molar-refractivity contribution in [3.05, 3.63) is 35.4 Å². The molecule has 0 aliphatic carbocycles. The second-order valence-electron chi connectivity index (χ2n) is 5.62. The van der Waals surface area contributed by atoms with Crippen LogP contribution in [-0.2, 0) is 6.54 Å². The van der Waals surface area contributed by atoms with Gasteiger partial charge in [0.2, 0.25) is 0 Å². The number of amides is 2. The Morgan fingerprint density at radius 2 is 1.87 bits per heavy atom. The van der Waals surface area contributed by atoms with Crippen LogP contribution in [0.2, 0.25) is 0 Å². The predicted molar refractivity (Wildman–Crippen MR) is 90.6 cm³/mol. The number of urea groups is 1. The normalized spacial score (nSPS) is 12.0. The highest BCUT2D eigenvalue weighted by atomic mass is 16.4. The zero-order valence-electron chi connectivity index (χ0n) is 14.1. The number of hydrogen-bond donors (Lipinski definition) is 3. The number of benzene rings is 1. The van der Waals surface area contributed by atoms with E-state index < -0.39 is 5.97 Å². The van der Waals surface area contributed by atoms with Gasteiger partial charge in [-0.2, -0.15) is 0 Å². The molecule has 1 aromatic carbocycles. The average Bonchev–Trinajstić information content (AvgIpc) is 2.52. The zero-order valence-corrected chi connectivity index (χ0v) is 14.1. The van der Waals surface area contributed by atoms with Crippen LogP contribution in [0.1, 0.15) is 43.1 Å². The summed E-state index contributed by atoms with van der Waals surface area (Å²) < 4.78 is 0. The van der Waals surface area contributed by atoms with E-state index in [1.54, 1.807) is 12.1 Å². The van der Waals surface area contributed by atoms with Crippen molar-refractivity contribution in [1.29, 1.82) is 0 Å². The molecule has 6 nitrogen and oxygen atoms in total. The summed E-state index contributed by atoms with van der Waals surface area (Å²) in [5, 5.41) is 14.5. The molecule has 0 aliphatic rings. The number of aromatic carboxylic acids is 1. The van der Waals surface area contributed by atoms with Crippen molar-refractivity contribution in [2.24, 2.45) is 0 Å². The molecule has 3 N–H and O–H groups in total. The predicted octanol–water partition coefficient (Wildman–Crippen LogP) is 2.30. The lowest BCUT2D eigenvalue weighted by molar-refractivity contribution is 0.0697. The number of hydrogen-bond acceptors (Lipinski definition) is 3. The van der Waals surface area contributed by atoms with Gasteiger partial charge in [-0.25, -0.2) is 9.59 Å². The van der Waals surface area contributed by atoms with Crippen LogP contribution in [0.3, 0.4) is 0 Å². The van der Waals surface area contributed by atoms with E-state index in [1.807, 2.05) is 6.92 Å². The lowest BCUT2D eigenvalue weighted by Gasteiger charge is -2.24. The Morgan fingerprint density at radius 1 is 1.22 bits per heavy atom. The average molecular weight is 321 g/mol. The van der Waals surface area contributed by atoms with Crippen LogP contribution in [0.5, 0.6) is 0 Å². The topological polar surface area (TPSA) is 81.7 Å². The Bertz CT molecular complexity index is 502. The number of likely N-dealkylation sites (N-methyl/N-ethyl adjacent to an activating group) is 1. The van der Waals surface area contributed by atoms with Crippen LogP contribution in [-0.4, -0.2) is 47.7 Å². The Labute approximate surface area is 137 Å². The SMILES string of the molecule is CCCN(CC)C[C@@H](C)NC(=O)NCc1ccc(C(=O)O)cc1. The third-order valence-corrected chi connectivity index (χ3v) is 3.55. The van der Waals surface area contributed by atoms with Gasteiger partial charge in [-0.1, -0.05) is 26.0 Å². The van der Waals surface area contributed by atoms with Crippen LogP contribution in [0.25, 0.3) is 0 Å². The first-order chi connectivity index (χ1) is 11.0. The van der Waals surface area contributed by atoms with Gasteiger partial charge in [0.05, 0.1) is 5.56 Å². The highest BCUT2D eigenvalue weighted by Gasteiger charge is 2.10. The first kappa shape index (κ1) is 19.0. The maximum absolute atomic E-state index is 11.9. The van der Waals surface area contributed by atoms with Crippen LogP contribution in [0.15, 0.2) is 24.3 Å². The van der Waals surface area contributed by atoms with E-state index in [9.17, 15) is 9.59 Å². The number of rotatable bonds is 9. The van der Waals surface area contributed by atoms with Gasteiger partial charge >= 0.3 is 12.0 Å². The van der Waals surface area contributed by atoms with Gasteiger partial charge in [0.15, 0.2) is 0 Å². The minimum atomic E-state index is -0.955. The van der Waals surface area contributed by atoms with Crippen molar-refractivity contribution >= 4 is 12.0 Å². The highest BCUT2D eigenvalue weighted by molar-refractivity contribution is 5.87. The third kappa shape index (κ3) is 7.15. The van der Waals surface area contributed by atoms with Crippen molar-refractivity contribution < 1.29 is 14.7 Å². The van der Waals surface area contributed by atoms with Crippen molar-refractivity contribution in [3.8, 4) is 0 Å². The molecule has 2 amide bonds. The number of carbonyl (C=O) groups is 2. The number of nitrogens with one attached hydrogen (secondary N) is 2. The van der Waals surface area contributed by atoms with E-state index >= 15 is 0 Å². The largest absolute Gasteiger partial charge is 0.478 e. The number of carboxylic acids is 1. The summed E-state index contributed by atoms with van der Waals surface area (Å²) in [7, 11) is 0. The molecule has 0 fully saturated rings. The summed E-state index contributed by atoms with van der Waals surface area (Å²) in [5.74, 6) is -0.955. The lowest BCUT2D eigenvalue weighted by atomic mass is 10.1. The molecule has 0 radical (unpaired) electrons. The molecular formula is C17H27N3O3. The van der Waals surface area contributed by atoms with E-state index in [0.29, 0.717) is 6.54 Å². The molecule has 0 saturated heterocycles. The molecule has 1 aromatic rings. The Balaban J connectivity index is 2.37. The molecule has 0 spiro atoms. The minimum absolute atomic E-state index is 0.0656. The molecule has 0 unspecified atom stereocenters. The fourth-order valence-electron chi connectivity index (χ4n) is 2.35. The quantitative estimate of drug-likeness (QED) is 0.652. The third-order valence-electron chi connectivity index (χ3n) is 3.55. The summed E-state index contributed by atoms with van der Waals surface area (Å²) in [6.45, 7) is 9.43. The molecule has 128 valence electrons. The molecule has 0 aromatic heterocycles. The Hall–Kier alpha value is -2.08. The molecule has 6 heteroatoms. The van der Waals surface area contributed by atoms with Crippen LogP contribution < -0.4 is 10.6 Å². The van der Waals surface area contributed by atoms with E-state index in [1.165, 1.54) is 12.1 Å². The van der Waals surface area contributed by atoms with E-state index in [0.717, 1.165) is 31.6 Å². The van der Waals surface area contributed by atoms with Crippen molar-refractivity contribution in [1.82, 2.24) is 15.5 Å². The zero-order chi connectivity index (χ0) is 17.2. The maximum atomic E-state index is 11.9. The second-order valence-corrected chi connectivity index (χ2v) is 5.62. The molecular weight excluding hydrogens is 294 g/mol. The minimum Gasteiger partial charge on any atom is -0.478 e. The first-order valence-electron chi connectivity index (χ1n) is 8.05. The first-order valence-corrected chi connectivity index (χ1v) is 8.05. The summed E-state index contributed by atoms with van der Waals surface area (Å²) in [4.78, 5) is 25.0.